The smallest absolute Gasteiger partial charge is 0.180 e. The van der Waals surface area contributed by atoms with Crippen LogP contribution in [0.4, 0.5) is 0 Å². The first kappa shape index (κ1) is 27.2. The number of fused-ring (bicyclic) bond motifs is 4. The Labute approximate surface area is 274 Å². The fourth-order valence-electron chi connectivity index (χ4n) is 5.99. The Kier molecular flexibility index (Phi) is 6.54. The van der Waals surface area contributed by atoms with Crippen LogP contribution in [0.3, 0.4) is 0 Å². The molecule has 0 N–H and O–H groups in total. The summed E-state index contributed by atoms with van der Waals surface area (Å²) in [5, 5.41) is 3.20. The van der Waals surface area contributed by atoms with Crippen LogP contribution in [0.1, 0.15) is 0 Å². The number of rotatable bonds is 5. The lowest BCUT2D eigenvalue weighted by atomic mass is 10.0. The Morgan fingerprint density at radius 3 is 1.72 bits per heavy atom. The van der Waals surface area contributed by atoms with Crippen LogP contribution in [0.2, 0.25) is 0 Å². The molecule has 0 spiro atoms. The monoisotopic (exact) mass is 620 g/mol. The molecular weight excluding hydrogens is 597 g/mol. The summed E-state index contributed by atoms with van der Waals surface area (Å²) in [7, 11) is 0. The van der Waals surface area contributed by atoms with Crippen LogP contribution in [-0.2, 0) is 0 Å². The van der Waals surface area contributed by atoms with Crippen LogP contribution in [0, 0.1) is 0 Å². The van der Waals surface area contributed by atoms with Crippen molar-refractivity contribution in [2.45, 2.75) is 0 Å². The molecule has 0 bridgehead atoms. The number of nitrogens with zero attached hydrogens (tertiary/aromatic N) is 6. The van der Waals surface area contributed by atoms with Gasteiger partial charge >= 0.3 is 0 Å². The Bertz CT molecular complexity index is 2520. The van der Waals surface area contributed by atoms with E-state index in [1.54, 1.807) is 11.3 Å². The fraction of sp³-hybridized carbons (Fsp3) is 0. The van der Waals surface area contributed by atoms with Crippen molar-refractivity contribution in [2.75, 3.05) is 0 Å². The molecule has 4 aromatic heterocycles. The lowest BCUT2D eigenvalue weighted by Crippen LogP contribution is -2.00. The molecule has 4 heterocycles. The van der Waals surface area contributed by atoms with Crippen molar-refractivity contribution >= 4 is 42.4 Å². The molecule has 0 aliphatic heterocycles. The zero-order chi connectivity index (χ0) is 31.2. The third kappa shape index (κ3) is 4.90. The molecule has 9 rings (SSSR count). The molecule has 0 amide bonds. The highest BCUT2D eigenvalue weighted by Gasteiger charge is 2.18. The molecule has 220 valence electrons. The third-order valence-corrected chi connectivity index (χ3v) is 9.33. The second-order valence-corrected chi connectivity index (χ2v) is 12.2. The molecular formula is C40H24N6S. The van der Waals surface area contributed by atoms with E-state index < -0.39 is 0 Å². The van der Waals surface area contributed by atoms with Crippen molar-refractivity contribution in [3.05, 3.63) is 146 Å². The molecule has 47 heavy (non-hydrogen) atoms. The molecule has 0 fully saturated rings. The summed E-state index contributed by atoms with van der Waals surface area (Å²) < 4.78 is 2.38. The molecule has 0 atom stereocenters. The van der Waals surface area contributed by atoms with Crippen LogP contribution in [0.5, 0.6) is 0 Å². The minimum Gasteiger partial charge on any atom is -0.252 e. The number of pyridine rings is 1. The molecule has 0 saturated carbocycles. The molecule has 0 aliphatic rings. The molecule has 7 heteroatoms. The van der Waals surface area contributed by atoms with Gasteiger partial charge in [-0.2, -0.15) is 0 Å². The number of hydrogen-bond acceptors (Lipinski definition) is 7. The first-order valence-corrected chi connectivity index (χ1v) is 16.1. The van der Waals surface area contributed by atoms with Gasteiger partial charge in [-0.05, 0) is 24.3 Å². The Balaban J connectivity index is 1.23. The number of thiophene rings is 1. The summed E-state index contributed by atoms with van der Waals surface area (Å²) in [6.45, 7) is 0. The SMILES string of the molecule is c1ccc(-c2nc(-c3ccccc3)nc(-c3cccc(-c4nc(-c5nccc6sc7ccccc7c56)nc5ccccc45)c3)n2)cc1. The standard InChI is InChI=1S/C40H24N6S/c1-3-12-25(13-4-1)37-44-38(26-14-5-2-6-15-26)46-39(45-37)28-17-11-16-27(24-28)35-29-18-7-9-20-31(29)42-40(43-35)36-34-30-19-8-10-21-32(30)47-33(34)22-23-41-36/h1-24H. The highest BCUT2D eigenvalue weighted by atomic mass is 32.1. The average Bonchev–Trinajstić information content (AvgIpc) is 3.54. The van der Waals surface area contributed by atoms with Gasteiger partial charge in [0, 0.05) is 54.0 Å². The molecule has 0 unspecified atom stereocenters. The van der Waals surface area contributed by atoms with Gasteiger partial charge in [-0.25, -0.2) is 24.9 Å². The zero-order valence-electron chi connectivity index (χ0n) is 24.9. The summed E-state index contributed by atoms with van der Waals surface area (Å²) in [4.78, 5) is 29.9. The van der Waals surface area contributed by atoms with Gasteiger partial charge in [0.05, 0.1) is 11.2 Å². The minimum absolute atomic E-state index is 0.592. The van der Waals surface area contributed by atoms with Gasteiger partial charge in [-0.3, -0.25) is 4.98 Å². The van der Waals surface area contributed by atoms with Crippen molar-refractivity contribution < 1.29 is 0 Å². The second kappa shape index (κ2) is 11.3. The van der Waals surface area contributed by atoms with Gasteiger partial charge in [0.15, 0.2) is 23.3 Å². The van der Waals surface area contributed by atoms with Crippen LogP contribution < -0.4 is 0 Å². The predicted molar refractivity (Wildman–Crippen MR) is 191 cm³/mol. The zero-order valence-corrected chi connectivity index (χ0v) is 25.8. The molecule has 9 aromatic rings. The van der Waals surface area contributed by atoms with Gasteiger partial charge in [0.1, 0.15) is 5.69 Å². The van der Waals surface area contributed by atoms with E-state index in [4.69, 9.17) is 29.9 Å². The largest absolute Gasteiger partial charge is 0.252 e. The molecule has 6 nitrogen and oxygen atoms in total. The quantitative estimate of drug-likeness (QED) is 0.191. The van der Waals surface area contributed by atoms with Crippen LogP contribution in [0.25, 0.3) is 88.0 Å². The van der Waals surface area contributed by atoms with Gasteiger partial charge in [-0.15, -0.1) is 11.3 Å². The van der Waals surface area contributed by atoms with E-state index in [2.05, 4.69) is 48.5 Å². The highest BCUT2D eigenvalue weighted by molar-refractivity contribution is 7.25. The molecule has 0 aliphatic carbocycles. The summed E-state index contributed by atoms with van der Waals surface area (Å²) >= 11 is 1.76. The predicted octanol–water partition coefficient (Wildman–Crippen LogP) is 9.91. The molecule has 0 saturated heterocycles. The Morgan fingerprint density at radius 2 is 0.979 bits per heavy atom. The Hall–Kier alpha value is -6.18. The maximum atomic E-state index is 5.22. The average molecular weight is 621 g/mol. The number of benzene rings is 5. The van der Waals surface area contributed by atoms with E-state index in [1.807, 2.05) is 97.2 Å². The summed E-state index contributed by atoms with van der Waals surface area (Å²) in [5.74, 6) is 2.43. The van der Waals surface area contributed by atoms with Gasteiger partial charge in [0.2, 0.25) is 0 Å². The molecule has 0 radical (unpaired) electrons. The summed E-state index contributed by atoms with van der Waals surface area (Å²) in [5.41, 5.74) is 6.12. The van der Waals surface area contributed by atoms with Crippen molar-refractivity contribution in [3.8, 4) is 56.9 Å². The Morgan fingerprint density at radius 1 is 0.383 bits per heavy atom. The van der Waals surface area contributed by atoms with Gasteiger partial charge in [0.25, 0.3) is 0 Å². The third-order valence-electron chi connectivity index (χ3n) is 8.20. The van der Waals surface area contributed by atoms with E-state index in [1.165, 1.54) is 4.70 Å². The van der Waals surface area contributed by atoms with Crippen LogP contribution in [-0.4, -0.2) is 29.9 Å². The normalized spacial score (nSPS) is 11.4. The van der Waals surface area contributed by atoms with E-state index >= 15 is 0 Å². The topological polar surface area (TPSA) is 77.3 Å². The number of para-hydroxylation sites is 1. The first-order chi connectivity index (χ1) is 23.3. The maximum absolute atomic E-state index is 5.22. The van der Waals surface area contributed by atoms with Crippen molar-refractivity contribution in [3.63, 3.8) is 0 Å². The maximum Gasteiger partial charge on any atom is 0.180 e. The van der Waals surface area contributed by atoms with Crippen molar-refractivity contribution in [1.82, 2.24) is 29.9 Å². The number of hydrogen-bond donors (Lipinski definition) is 0. The fourth-order valence-corrected chi connectivity index (χ4v) is 7.09. The number of aromatic nitrogens is 6. The van der Waals surface area contributed by atoms with E-state index in [-0.39, 0.29) is 0 Å². The van der Waals surface area contributed by atoms with Gasteiger partial charge in [-0.1, -0.05) is 115 Å². The van der Waals surface area contributed by atoms with Crippen molar-refractivity contribution in [1.29, 1.82) is 0 Å². The molecule has 5 aromatic carbocycles. The second-order valence-electron chi connectivity index (χ2n) is 11.2. The van der Waals surface area contributed by atoms with Crippen molar-refractivity contribution in [2.24, 2.45) is 0 Å². The van der Waals surface area contributed by atoms with E-state index in [9.17, 15) is 0 Å². The highest BCUT2D eigenvalue weighted by Crippen LogP contribution is 2.39. The van der Waals surface area contributed by atoms with Gasteiger partial charge < -0.3 is 0 Å². The van der Waals surface area contributed by atoms with E-state index in [0.717, 1.165) is 60.0 Å². The van der Waals surface area contributed by atoms with E-state index in [0.29, 0.717) is 23.3 Å². The van der Waals surface area contributed by atoms with Crippen LogP contribution >= 0.6 is 11.3 Å². The lowest BCUT2D eigenvalue weighted by molar-refractivity contribution is 1.07. The summed E-state index contributed by atoms with van der Waals surface area (Å²) in [6, 6.07) is 46.9. The first-order valence-electron chi connectivity index (χ1n) is 15.3. The van der Waals surface area contributed by atoms with Crippen LogP contribution in [0.15, 0.2) is 146 Å². The summed E-state index contributed by atoms with van der Waals surface area (Å²) in [6.07, 6.45) is 1.85. The minimum atomic E-state index is 0.592. The lowest BCUT2D eigenvalue weighted by Gasteiger charge is -2.12.